The molecule has 0 bridgehead atoms. The molecule has 15 N–H and O–H groups in total. The highest BCUT2D eigenvalue weighted by atomic mass is 16.5. The minimum Gasteiger partial charge on any atom is -0.467 e. The van der Waals surface area contributed by atoms with Gasteiger partial charge in [-0.25, -0.2) is 0 Å². The lowest BCUT2D eigenvalue weighted by Crippen LogP contribution is -2.16. The van der Waals surface area contributed by atoms with Crippen molar-refractivity contribution in [3.63, 3.8) is 0 Å². The van der Waals surface area contributed by atoms with Crippen molar-refractivity contribution in [2.75, 3.05) is 122 Å². The number of rotatable bonds is 30. The minimum absolute atomic E-state index is 0.104. The van der Waals surface area contributed by atoms with Gasteiger partial charge in [0.1, 0.15) is 0 Å². The van der Waals surface area contributed by atoms with E-state index in [9.17, 15) is 28.8 Å². The largest absolute Gasteiger partial charge is 0.467 e. The van der Waals surface area contributed by atoms with Crippen molar-refractivity contribution in [3.8, 4) is 18.0 Å². The first kappa shape index (κ1) is 104. The predicted molar refractivity (Wildman–Crippen MR) is 571 cm³/mol. The van der Waals surface area contributed by atoms with Crippen LogP contribution in [-0.4, -0.2) is 168 Å². The standard InChI is InChI=1S/2C18H18N6O.2C18H17N5O2.C17H16N6O.C17H15N5O2/c1-12-7-6-8-13(11-12)15(25)21-18-23-16(19-2)22-17(24-18)20-14-9-4-3-5-10-14;1-12-8-10-13(11-9-12)15(25)21-18-23-16(19-2)22-17(24-18)20-14-6-4-3-5-7-14;1-12-7-6-8-13(11-12)15(24)20-17-21-16(22-18(23-17)25-2)19-14-9-4-3-5-10-14;1-12-8-10-13(11-9-12)15(24)20-17-21-16(22-18(23-17)25-2)19-14-6-4-3-5-7-14;1-18-15-21-16(19-13-10-6-3-7-11-13)23-17(22-15)20-14(24)12-8-4-2-5-9-12;1-24-17-21-15(18-13-10-6-3-7-11-13)20-16(22-17)19-14(23)12-8-4-2-5-9-12/h2*3-11H,1-2H3,(H3,19,20,21,22,23,24,25);2*3-11H,1-2H3,(H2,19,20,21,22,23,24);2-11H,1H3,(H3,18,19,20,21,22,23,24);2-11H,1H3,(H2,18,19,20,21,22,23). The number of benzene rings is 12. The maximum absolute atomic E-state index is 12.4. The molecule has 18 rings (SSSR count). The molecule has 0 aliphatic heterocycles. The topological polar surface area (TPSA) is 543 Å². The van der Waals surface area contributed by atoms with Gasteiger partial charge in [-0.1, -0.05) is 216 Å². The molecule has 18 aromatic rings. The zero-order valence-corrected chi connectivity index (χ0v) is 81.6. The van der Waals surface area contributed by atoms with Crippen molar-refractivity contribution >= 4 is 159 Å². The highest BCUT2D eigenvalue weighted by molar-refractivity contribution is 6.07. The van der Waals surface area contributed by atoms with Crippen LogP contribution in [0.1, 0.15) is 84.4 Å². The molecule has 744 valence electrons. The highest BCUT2D eigenvalue weighted by Gasteiger charge is 2.20. The Bertz CT molecular complexity index is 6980. The summed E-state index contributed by atoms with van der Waals surface area (Å²) in [7, 11) is 9.46. The van der Waals surface area contributed by atoms with Crippen LogP contribution in [0.25, 0.3) is 0 Å². The van der Waals surface area contributed by atoms with E-state index < -0.39 is 0 Å². The second-order valence-electron chi connectivity index (χ2n) is 31.0. The fourth-order valence-corrected chi connectivity index (χ4v) is 12.6. The van der Waals surface area contributed by atoms with E-state index in [0.29, 0.717) is 69.1 Å². The molecule has 0 spiro atoms. The number of carbonyl (C=O) groups excluding carboxylic acids is 6. The van der Waals surface area contributed by atoms with Gasteiger partial charge >= 0.3 is 18.0 Å². The number of nitrogens with zero attached hydrogens (tertiary/aromatic N) is 18. The van der Waals surface area contributed by atoms with E-state index in [1.807, 2.05) is 270 Å². The van der Waals surface area contributed by atoms with Crippen LogP contribution in [-0.2, 0) is 0 Å². The minimum atomic E-state index is -0.311. The van der Waals surface area contributed by atoms with Gasteiger partial charge < -0.3 is 62.1 Å². The number of methoxy groups -OCH3 is 3. The predicted octanol–water partition coefficient (Wildman–Crippen LogP) is 18.6. The number of aromatic nitrogens is 18. The second kappa shape index (κ2) is 54.1. The van der Waals surface area contributed by atoms with E-state index >= 15 is 0 Å². The average Bonchev–Trinajstić information content (AvgIpc) is 0.853. The third-order valence-corrected chi connectivity index (χ3v) is 19.8. The van der Waals surface area contributed by atoms with Gasteiger partial charge in [0, 0.05) is 88.6 Å². The molecule has 0 saturated heterocycles. The first-order valence-electron chi connectivity index (χ1n) is 45.4. The van der Waals surface area contributed by atoms with Crippen molar-refractivity contribution < 1.29 is 43.0 Å². The molecule has 0 saturated carbocycles. The third-order valence-electron chi connectivity index (χ3n) is 19.8. The Morgan fingerprint density at radius 3 is 0.554 bits per heavy atom. The van der Waals surface area contributed by atoms with E-state index in [1.165, 1.54) is 21.3 Å². The van der Waals surface area contributed by atoms with Crippen molar-refractivity contribution in [1.29, 1.82) is 0 Å². The van der Waals surface area contributed by atoms with Crippen molar-refractivity contribution in [2.45, 2.75) is 27.7 Å². The first-order chi connectivity index (χ1) is 72.0. The Kier molecular flexibility index (Phi) is 38.2. The number of amides is 6. The molecular weight excluding hydrogens is 1880 g/mol. The number of hydrogen-bond acceptors (Lipinski definition) is 36. The van der Waals surface area contributed by atoms with E-state index in [-0.39, 0.29) is 107 Å². The molecular formula is C106H101N33O9. The molecule has 6 aromatic heterocycles. The Hall–Kier alpha value is -20.9. The van der Waals surface area contributed by atoms with Gasteiger partial charge in [0.25, 0.3) is 35.4 Å². The van der Waals surface area contributed by atoms with Gasteiger partial charge in [0.2, 0.25) is 89.2 Å². The second-order valence-corrected chi connectivity index (χ2v) is 31.0. The number of anilines is 21. The molecule has 148 heavy (non-hydrogen) atoms. The maximum Gasteiger partial charge on any atom is 0.322 e. The van der Waals surface area contributed by atoms with Gasteiger partial charge in [-0.05, 0) is 173 Å². The van der Waals surface area contributed by atoms with Crippen LogP contribution in [0, 0.1) is 27.7 Å². The van der Waals surface area contributed by atoms with E-state index in [0.717, 1.165) is 56.4 Å². The smallest absolute Gasteiger partial charge is 0.322 e. The molecule has 42 heteroatoms. The molecule has 0 aliphatic rings. The summed E-state index contributed by atoms with van der Waals surface area (Å²) in [4.78, 5) is 149. The number of nitrogens with one attached hydrogen (secondary N) is 15. The normalized spacial score (nSPS) is 10.1. The zero-order valence-electron chi connectivity index (χ0n) is 81.6. The number of hydrogen-bond donors (Lipinski definition) is 15. The molecule has 6 heterocycles. The van der Waals surface area contributed by atoms with Gasteiger partial charge in [0.05, 0.1) is 21.3 Å². The van der Waals surface area contributed by atoms with Gasteiger partial charge in [-0.15, -0.1) is 0 Å². The van der Waals surface area contributed by atoms with E-state index in [1.54, 1.807) is 118 Å². The molecule has 42 nitrogen and oxygen atoms in total. The van der Waals surface area contributed by atoms with E-state index in [4.69, 9.17) is 14.2 Å². The number of carbonyl (C=O) groups is 6. The summed E-state index contributed by atoms with van der Waals surface area (Å²) in [5.74, 6) is 1.97. The van der Waals surface area contributed by atoms with Crippen molar-refractivity contribution in [3.05, 3.63) is 395 Å². The molecule has 0 radical (unpaired) electrons. The summed E-state index contributed by atoms with van der Waals surface area (Å²) in [6.45, 7) is 7.78. The fraction of sp³-hybridized carbons (Fsp3) is 0.0943. The van der Waals surface area contributed by atoms with Gasteiger partial charge in [0.15, 0.2) is 0 Å². The molecule has 0 atom stereocenters. The lowest BCUT2D eigenvalue weighted by molar-refractivity contribution is 0.101. The van der Waals surface area contributed by atoms with Crippen LogP contribution in [0.2, 0.25) is 0 Å². The molecule has 0 aliphatic carbocycles. The van der Waals surface area contributed by atoms with Crippen LogP contribution in [0.5, 0.6) is 18.0 Å². The lowest BCUT2D eigenvalue weighted by atomic mass is 10.1. The van der Waals surface area contributed by atoms with Gasteiger partial charge in [-0.2, -0.15) is 89.7 Å². The number of aryl methyl sites for hydroxylation is 4. The summed E-state index contributed by atoms with van der Waals surface area (Å²) >= 11 is 0. The van der Waals surface area contributed by atoms with Crippen molar-refractivity contribution in [2.24, 2.45) is 0 Å². The fourth-order valence-electron chi connectivity index (χ4n) is 12.6. The molecule has 0 fully saturated rings. The quantitative estimate of drug-likeness (QED) is 0.0199. The van der Waals surface area contributed by atoms with Crippen LogP contribution < -0.4 is 94.0 Å². The van der Waals surface area contributed by atoms with Gasteiger partial charge in [-0.3, -0.25) is 60.7 Å². The van der Waals surface area contributed by atoms with E-state index in [2.05, 4.69) is 169 Å². The van der Waals surface area contributed by atoms with Crippen molar-refractivity contribution in [1.82, 2.24) is 89.7 Å². The van der Waals surface area contributed by atoms with Crippen LogP contribution in [0.3, 0.4) is 0 Å². The highest BCUT2D eigenvalue weighted by Crippen LogP contribution is 2.26. The Labute approximate surface area is 850 Å². The molecule has 12 aromatic carbocycles. The molecule has 6 amide bonds. The average molecular weight is 1980 g/mol. The Balaban J connectivity index is 0.000000148. The third kappa shape index (κ3) is 33.7. The van der Waals surface area contributed by atoms with Crippen LogP contribution >= 0.6 is 0 Å². The summed E-state index contributed by atoms with van der Waals surface area (Å²) < 4.78 is 15.2. The Morgan fingerprint density at radius 2 is 0.345 bits per heavy atom. The molecule has 0 unspecified atom stereocenters. The number of para-hydroxylation sites is 6. The summed E-state index contributed by atoms with van der Waals surface area (Å²) in [5, 5.41) is 43.0. The summed E-state index contributed by atoms with van der Waals surface area (Å²) in [5.41, 5.74) is 12.3. The number of ether oxygens (including phenoxy) is 3. The first-order valence-corrected chi connectivity index (χ1v) is 45.4. The summed E-state index contributed by atoms with van der Waals surface area (Å²) in [6.07, 6.45) is 0. The zero-order chi connectivity index (χ0) is 104. The maximum atomic E-state index is 12.4. The lowest BCUT2D eigenvalue weighted by Gasteiger charge is -2.09. The van der Waals surface area contributed by atoms with Crippen LogP contribution in [0.15, 0.2) is 340 Å². The summed E-state index contributed by atoms with van der Waals surface area (Å²) in [6, 6.07) is 104. The van der Waals surface area contributed by atoms with Crippen LogP contribution in [0.4, 0.5) is 123 Å². The Morgan fingerprint density at radius 1 is 0.176 bits per heavy atom. The monoisotopic (exact) mass is 1980 g/mol. The SMILES string of the molecule is CNc1nc(NC(=O)c2ccc(C)cc2)nc(Nc2ccccc2)n1.CNc1nc(NC(=O)c2cccc(C)c2)nc(Nc2ccccc2)n1.CNc1nc(NC(=O)c2ccccc2)nc(Nc2ccccc2)n1.COc1nc(NC(=O)c2ccc(C)cc2)nc(Nc2ccccc2)n1.COc1nc(NC(=O)c2cccc(C)c2)nc(Nc2ccccc2)n1.COc1nc(NC(=O)c2ccccc2)nc(Nc2ccccc2)n1.